The molecule has 1 aromatic heterocycles. The molecule has 0 saturated carbocycles. The Morgan fingerprint density at radius 2 is 2.33 bits per heavy atom. The topological polar surface area (TPSA) is 65.3 Å². The van der Waals surface area contributed by atoms with Gasteiger partial charge in [-0.3, -0.25) is 0 Å². The minimum atomic E-state index is -0.530. The third kappa shape index (κ3) is 1.34. The molecule has 0 amide bonds. The summed E-state index contributed by atoms with van der Waals surface area (Å²) in [4.78, 5) is 13.5. The molecular formula is C7H8N2O3. The molecule has 0 unspecified atom stereocenters. The summed E-state index contributed by atoms with van der Waals surface area (Å²) in [5.74, 6) is 0.325. The van der Waals surface area contributed by atoms with Crippen molar-refractivity contribution in [3.8, 4) is 5.75 Å². The Bertz CT molecular complexity index is 312. The number of rotatable bonds is 2. The quantitative estimate of drug-likeness (QED) is 0.493. The molecule has 0 aliphatic heterocycles. The lowest BCUT2D eigenvalue weighted by atomic mass is 10.2. The van der Waals surface area contributed by atoms with Gasteiger partial charge in [-0.15, -0.1) is 0 Å². The predicted octanol–water partition coefficient (Wildman–Crippen LogP) is 1.31. The van der Waals surface area contributed by atoms with Crippen LogP contribution in [0.25, 0.3) is 0 Å². The van der Waals surface area contributed by atoms with E-state index in [2.05, 4.69) is 4.98 Å². The zero-order valence-corrected chi connectivity index (χ0v) is 6.77. The van der Waals surface area contributed by atoms with Crippen LogP contribution in [-0.2, 0) is 0 Å². The van der Waals surface area contributed by atoms with Crippen LogP contribution in [0.5, 0.6) is 5.75 Å². The smallest absolute Gasteiger partial charge is 0.370 e. The molecule has 0 atom stereocenters. The van der Waals surface area contributed by atoms with Crippen molar-refractivity contribution in [2.75, 3.05) is 7.11 Å². The molecule has 0 radical (unpaired) electrons. The first-order chi connectivity index (χ1) is 5.66. The van der Waals surface area contributed by atoms with Gasteiger partial charge in [0.15, 0.2) is 0 Å². The number of pyridine rings is 1. The maximum Gasteiger partial charge on any atom is 0.370 e. The summed E-state index contributed by atoms with van der Waals surface area (Å²) in [6.45, 7) is 1.60. The van der Waals surface area contributed by atoms with E-state index in [0.29, 0.717) is 11.3 Å². The van der Waals surface area contributed by atoms with Gasteiger partial charge in [-0.05, 0) is 16.8 Å². The molecule has 5 heteroatoms. The minimum Gasteiger partial charge on any atom is -0.496 e. The van der Waals surface area contributed by atoms with E-state index < -0.39 is 4.92 Å². The fraction of sp³-hybridized carbons (Fsp3) is 0.286. The zero-order valence-electron chi connectivity index (χ0n) is 6.77. The Labute approximate surface area is 69.1 Å². The van der Waals surface area contributed by atoms with E-state index >= 15 is 0 Å². The normalized spacial score (nSPS) is 9.50. The molecule has 0 aliphatic carbocycles. The van der Waals surface area contributed by atoms with Gasteiger partial charge in [0, 0.05) is 6.07 Å². The van der Waals surface area contributed by atoms with E-state index in [9.17, 15) is 10.1 Å². The summed E-state index contributed by atoms with van der Waals surface area (Å²) in [6.07, 6.45) is 1.35. The number of aromatic nitrogens is 1. The largest absolute Gasteiger partial charge is 0.496 e. The van der Waals surface area contributed by atoms with Crippen LogP contribution in [0.2, 0.25) is 0 Å². The summed E-state index contributed by atoms with van der Waals surface area (Å²) < 4.78 is 4.89. The van der Waals surface area contributed by atoms with Gasteiger partial charge in [-0.25, -0.2) is 0 Å². The van der Waals surface area contributed by atoms with E-state index in [0.717, 1.165) is 0 Å². The maximum absolute atomic E-state index is 10.4. The van der Waals surface area contributed by atoms with Gasteiger partial charge in [0.2, 0.25) is 0 Å². The van der Waals surface area contributed by atoms with E-state index in [-0.39, 0.29) is 5.82 Å². The highest BCUT2D eigenvalue weighted by Gasteiger charge is 2.14. The fourth-order valence-corrected chi connectivity index (χ4v) is 0.913. The number of hydrogen-bond donors (Lipinski definition) is 0. The fourth-order valence-electron chi connectivity index (χ4n) is 0.913. The number of nitrogens with zero attached hydrogens (tertiary/aromatic N) is 2. The van der Waals surface area contributed by atoms with Gasteiger partial charge in [-0.2, -0.15) is 0 Å². The van der Waals surface area contributed by atoms with E-state index in [1.165, 1.54) is 13.3 Å². The molecule has 0 bridgehead atoms. The monoisotopic (exact) mass is 168 g/mol. The van der Waals surface area contributed by atoms with Crippen LogP contribution in [0.1, 0.15) is 5.56 Å². The molecule has 1 rings (SSSR count). The van der Waals surface area contributed by atoms with Crippen LogP contribution in [-0.4, -0.2) is 17.0 Å². The summed E-state index contributed by atoms with van der Waals surface area (Å²) in [7, 11) is 1.46. The molecule has 1 heterocycles. The highest BCUT2D eigenvalue weighted by atomic mass is 16.6. The second-order valence-electron chi connectivity index (χ2n) is 2.22. The Morgan fingerprint density at radius 1 is 1.67 bits per heavy atom. The van der Waals surface area contributed by atoms with Crippen molar-refractivity contribution < 1.29 is 9.66 Å². The van der Waals surface area contributed by atoms with Crippen molar-refractivity contribution in [1.29, 1.82) is 0 Å². The van der Waals surface area contributed by atoms with Crippen molar-refractivity contribution in [1.82, 2.24) is 4.98 Å². The van der Waals surface area contributed by atoms with E-state index in [1.54, 1.807) is 13.0 Å². The van der Waals surface area contributed by atoms with Gasteiger partial charge in [0.05, 0.1) is 12.7 Å². The molecule has 0 aromatic carbocycles. The first kappa shape index (κ1) is 8.45. The molecular weight excluding hydrogens is 160 g/mol. The van der Waals surface area contributed by atoms with Crippen LogP contribution >= 0.6 is 0 Å². The van der Waals surface area contributed by atoms with Gasteiger partial charge in [0.1, 0.15) is 11.9 Å². The lowest BCUT2D eigenvalue weighted by Gasteiger charge is -2.02. The zero-order chi connectivity index (χ0) is 9.14. The molecule has 64 valence electrons. The second-order valence-corrected chi connectivity index (χ2v) is 2.22. The first-order valence-electron chi connectivity index (χ1n) is 3.30. The maximum atomic E-state index is 10.4. The Morgan fingerprint density at radius 3 is 2.83 bits per heavy atom. The summed E-state index contributed by atoms with van der Waals surface area (Å²) in [6, 6.07) is 1.59. The Hall–Kier alpha value is -1.65. The van der Waals surface area contributed by atoms with Gasteiger partial charge >= 0.3 is 5.82 Å². The molecule has 0 spiro atoms. The van der Waals surface area contributed by atoms with Crippen LogP contribution in [0.3, 0.4) is 0 Å². The van der Waals surface area contributed by atoms with Crippen molar-refractivity contribution in [2.24, 2.45) is 0 Å². The Kier molecular flexibility index (Phi) is 2.23. The second kappa shape index (κ2) is 3.17. The summed E-state index contributed by atoms with van der Waals surface area (Å²) in [5.41, 5.74) is 0.449. The molecule has 1 aromatic rings. The molecule has 5 nitrogen and oxygen atoms in total. The number of hydrogen-bond acceptors (Lipinski definition) is 4. The van der Waals surface area contributed by atoms with Crippen molar-refractivity contribution in [2.45, 2.75) is 6.92 Å². The summed E-state index contributed by atoms with van der Waals surface area (Å²) >= 11 is 0. The van der Waals surface area contributed by atoms with Crippen LogP contribution in [0.4, 0.5) is 5.82 Å². The first-order valence-corrected chi connectivity index (χ1v) is 3.30. The molecule has 0 aliphatic rings. The van der Waals surface area contributed by atoms with E-state index in [1.807, 2.05) is 0 Å². The third-order valence-corrected chi connectivity index (χ3v) is 1.52. The molecule has 0 N–H and O–H groups in total. The van der Waals surface area contributed by atoms with Crippen molar-refractivity contribution >= 4 is 5.82 Å². The molecule has 12 heavy (non-hydrogen) atoms. The van der Waals surface area contributed by atoms with Gasteiger partial charge < -0.3 is 14.9 Å². The average Bonchev–Trinajstić information content (AvgIpc) is 2.04. The lowest BCUT2D eigenvalue weighted by Crippen LogP contribution is -1.97. The lowest BCUT2D eigenvalue weighted by molar-refractivity contribution is -0.390. The number of ether oxygens (including phenoxy) is 1. The van der Waals surface area contributed by atoms with E-state index in [4.69, 9.17) is 4.74 Å². The van der Waals surface area contributed by atoms with Crippen LogP contribution in [0, 0.1) is 17.0 Å². The predicted molar refractivity (Wildman–Crippen MR) is 42.2 cm³/mol. The highest BCUT2D eigenvalue weighted by Crippen LogP contribution is 2.23. The minimum absolute atomic E-state index is 0.158. The average molecular weight is 168 g/mol. The van der Waals surface area contributed by atoms with Crippen molar-refractivity contribution in [3.05, 3.63) is 27.9 Å². The van der Waals surface area contributed by atoms with Gasteiger partial charge in [-0.1, -0.05) is 0 Å². The van der Waals surface area contributed by atoms with Gasteiger partial charge in [0.25, 0.3) is 0 Å². The molecule has 0 fully saturated rings. The Balaban J connectivity index is 3.23. The van der Waals surface area contributed by atoms with Crippen LogP contribution < -0.4 is 4.74 Å². The highest BCUT2D eigenvalue weighted by molar-refractivity contribution is 5.42. The van der Waals surface area contributed by atoms with Crippen molar-refractivity contribution in [3.63, 3.8) is 0 Å². The standard InChI is InChI=1S/C7H8N2O3/c1-5-6(12-2)3-4-8-7(5)9(10)11/h3-4H,1-2H3. The summed E-state index contributed by atoms with van der Waals surface area (Å²) in [5, 5.41) is 10.4. The number of methoxy groups -OCH3 is 1. The third-order valence-electron chi connectivity index (χ3n) is 1.52. The molecule has 0 saturated heterocycles. The number of nitro groups is 1. The van der Waals surface area contributed by atoms with Crippen LogP contribution in [0.15, 0.2) is 12.3 Å². The SMILES string of the molecule is COc1ccnc([N+](=O)[O-])c1C.